The molecule has 40 heavy (non-hydrogen) atoms. The van der Waals surface area contributed by atoms with E-state index in [0.29, 0.717) is 6.54 Å². The number of hydrogen-bond donors (Lipinski definition) is 1. The fraction of sp³-hybridized carbons (Fsp3) is 0.375. The van der Waals surface area contributed by atoms with Crippen LogP contribution in [-0.4, -0.2) is 67.3 Å². The molecular weight excluding hydrogens is 496 g/mol. The molecule has 1 aromatic carbocycles. The van der Waals surface area contributed by atoms with Gasteiger partial charge in [0.1, 0.15) is 6.33 Å². The summed E-state index contributed by atoms with van der Waals surface area (Å²) in [5, 5.41) is 8.66. The van der Waals surface area contributed by atoms with Crippen molar-refractivity contribution in [3.05, 3.63) is 89.6 Å². The number of allylic oxidation sites excluding steroid dienone is 2. The quantitative estimate of drug-likeness (QED) is 0.502. The predicted molar refractivity (Wildman–Crippen MR) is 161 cm³/mol. The molecule has 1 saturated heterocycles. The lowest BCUT2D eigenvalue weighted by atomic mass is 10.1. The fourth-order valence-electron chi connectivity index (χ4n) is 6.06. The molecule has 3 aliphatic rings. The highest BCUT2D eigenvalue weighted by Crippen LogP contribution is 2.33. The van der Waals surface area contributed by atoms with Crippen molar-refractivity contribution < 1.29 is 0 Å². The molecule has 0 unspecified atom stereocenters. The number of benzene rings is 1. The van der Waals surface area contributed by atoms with Gasteiger partial charge in [-0.25, -0.2) is 19.6 Å². The molecule has 8 nitrogen and oxygen atoms in total. The molecule has 6 rings (SSSR count). The van der Waals surface area contributed by atoms with Crippen molar-refractivity contribution in [2.24, 2.45) is 0 Å². The van der Waals surface area contributed by atoms with Gasteiger partial charge in [-0.3, -0.25) is 0 Å². The Bertz CT molecular complexity index is 1550. The zero-order valence-electron chi connectivity index (χ0n) is 23.9. The second-order valence-electron chi connectivity index (χ2n) is 10.9. The van der Waals surface area contributed by atoms with Gasteiger partial charge >= 0.3 is 0 Å². The summed E-state index contributed by atoms with van der Waals surface area (Å²) < 4.78 is 1.91. The number of hydrogen-bond acceptors (Lipinski definition) is 7. The van der Waals surface area contributed by atoms with E-state index in [2.05, 4.69) is 76.9 Å². The maximum Gasteiger partial charge on any atom is 0.182 e. The van der Waals surface area contributed by atoms with E-state index < -0.39 is 0 Å². The van der Waals surface area contributed by atoms with Crippen LogP contribution in [0.4, 0.5) is 0 Å². The minimum atomic E-state index is 0.616. The Balaban J connectivity index is 1.28. The van der Waals surface area contributed by atoms with Crippen molar-refractivity contribution in [1.82, 2.24) is 39.8 Å². The maximum atomic E-state index is 5.01. The molecular formula is C32H38N8. The highest BCUT2D eigenvalue weighted by Gasteiger charge is 2.29. The SMILES string of the molecule is C=C1CN/C(CC)=C(/N2CCN(C(=C)c3ncnc(C)c3C)CC2)C(=C)n2nc(-c3ccc4c(c3)CCC4)nc21. The normalized spacial score (nSPS) is 19.2. The molecule has 2 aliphatic heterocycles. The topological polar surface area (TPSA) is 75.0 Å². The zero-order valence-corrected chi connectivity index (χ0v) is 23.9. The summed E-state index contributed by atoms with van der Waals surface area (Å²) >= 11 is 0. The van der Waals surface area contributed by atoms with Gasteiger partial charge in [0, 0.05) is 55.3 Å². The van der Waals surface area contributed by atoms with E-state index in [0.717, 1.165) is 108 Å². The highest BCUT2D eigenvalue weighted by molar-refractivity contribution is 5.73. The van der Waals surface area contributed by atoms with Crippen LogP contribution < -0.4 is 5.32 Å². The van der Waals surface area contributed by atoms with Crippen molar-refractivity contribution in [3.8, 4) is 11.4 Å². The van der Waals surface area contributed by atoms with Crippen LogP contribution in [0.25, 0.3) is 28.4 Å². The average molecular weight is 535 g/mol. The first-order chi connectivity index (χ1) is 19.4. The summed E-state index contributed by atoms with van der Waals surface area (Å²) in [5.41, 5.74) is 11.9. The third kappa shape index (κ3) is 4.51. The van der Waals surface area contributed by atoms with Crippen LogP contribution in [0.3, 0.4) is 0 Å². The predicted octanol–water partition coefficient (Wildman–Crippen LogP) is 4.84. The second kappa shape index (κ2) is 10.4. The summed E-state index contributed by atoms with van der Waals surface area (Å²) in [7, 11) is 0. The molecule has 2 aromatic heterocycles. The third-order valence-corrected chi connectivity index (χ3v) is 8.55. The lowest BCUT2D eigenvalue weighted by molar-refractivity contribution is 0.215. The Labute approximate surface area is 236 Å². The number of piperazine rings is 1. The lowest BCUT2D eigenvalue weighted by Gasteiger charge is -2.40. The average Bonchev–Trinajstić information content (AvgIpc) is 3.63. The number of aromatic nitrogens is 5. The van der Waals surface area contributed by atoms with E-state index in [-0.39, 0.29) is 0 Å². The maximum absolute atomic E-state index is 5.01. The van der Waals surface area contributed by atoms with Gasteiger partial charge in [-0.15, -0.1) is 5.10 Å². The first kappa shape index (κ1) is 26.0. The van der Waals surface area contributed by atoms with Crippen LogP contribution in [0.5, 0.6) is 0 Å². The first-order valence-electron chi connectivity index (χ1n) is 14.3. The molecule has 4 heterocycles. The smallest absolute Gasteiger partial charge is 0.182 e. The summed E-state index contributed by atoms with van der Waals surface area (Å²) in [4.78, 5) is 18.6. The summed E-state index contributed by atoms with van der Waals surface area (Å²) in [6, 6.07) is 6.65. The van der Waals surface area contributed by atoms with Crippen molar-refractivity contribution in [1.29, 1.82) is 0 Å². The number of aryl methyl sites for hydroxylation is 3. The molecule has 3 aromatic rings. The van der Waals surface area contributed by atoms with Gasteiger partial charge in [0.2, 0.25) is 0 Å². The van der Waals surface area contributed by atoms with Gasteiger partial charge in [-0.1, -0.05) is 38.8 Å². The summed E-state index contributed by atoms with van der Waals surface area (Å²) in [6.07, 6.45) is 5.99. The van der Waals surface area contributed by atoms with Crippen LogP contribution in [0.2, 0.25) is 0 Å². The summed E-state index contributed by atoms with van der Waals surface area (Å²) in [5.74, 6) is 1.49. The van der Waals surface area contributed by atoms with E-state index in [4.69, 9.17) is 10.1 Å². The van der Waals surface area contributed by atoms with Crippen LogP contribution >= 0.6 is 0 Å². The number of fused-ring (bicyclic) bond motifs is 2. The van der Waals surface area contributed by atoms with Gasteiger partial charge in [-0.05, 0) is 62.3 Å². The minimum Gasteiger partial charge on any atom is -0.382 e. The minimum absolute atomic E-state index is 0.616. The standard InChI is InChI=1S/C32H38N8/c1-7-28-30(39-15-13-38(14-16-39)23(5)29-21(3)22(4)34-19-35-29)24(6)40-32(20(2)18-33-28)36-31(37-40)27-12-11-25-9-8-10-26(25)17-27/h11-12,17,19,33H,2,5-10,13-16,18H2,1,3-4H3/b30-28+. The van der Waals surface area contributed by atoms with E-state index in [9.17, 15) is 0 Å². The Morgan fingerprint density at radius 3 is 2.58 bits per heavy atom. The largest absolute Gasteiger partial charge is 0.382 e. The Morgan fingerprint density at radius 2 is 1.80 bits per heavy atom. The molecule has 8 heteroatoms. The van der Waals surface area contributed by atoms with Gasteiger partial charge in [0.25, 0.3) is 0 Å². The van der Waals surface area contributed by atoms with Crippen LogP contribution in [0, 0.1) is 13.8 Å². The van der Waals surface area contributed by atoms with Gasteiger partial charge in [0.15, 0.2) is 11.6 Å². The fourth-order valence-corrected chi connectivity index (χ4v) is 6.06. The number of nitrogens with zero attached hydrogens (tertiary/aromatic N) is 7. The Kier molecular flexibility index (Phi) is 6.78. The molecule has 0 spiro atoms. The zero-order chi connectivity index (χ0) is 28.0. The van der Waals surface area contributed by atoms with Crippen molar-refractivity contribution in [2.75, 3.05) is 32.7 Å². The van der Waals surface area contributed by atoms with Crippen LogP contribution in [-0.2, 0) is 12.8 Å². The van der Waals surface area contributed by atoms with Crippen LogP contribution in [0.1, 0.15) is 53.7 Å². The monoisotopic (exact) mass is 534 g/mol. The third-order valence-electron chi connectivity index (χ3n) is 8.55. The molecule has 206 valence electrons. The van der Waals surface area contributed by atoms with Gasteiger partial charge < -0.3 is 15.1 Å². The molecule has 1 fully saturated rings. The van der Waals surface area contributed by atoms with E-state index in [1.807, 2.05) is 11.6 Å². The van der Waals surface area contributed by atoms with Gasteiger partial charge in [-0.2, -0.15) is 0 Å². The summed E-state index contributed by atoms with van der Waals surface area (Å²) in [6.45, 7) is 23.5. The number of nitrogens with one attached hydrogen (secondary N) is 1. The molecule has 0 atom stereocenters. The van der Waals surface area contributed by atoms with E-state index in [1.165, 1.54) is 17.5 Å². The lowest BCUT2D eigenvalue weighted by Crippen LogP contribution is -2.46. The first-order valence-corrected chi connectivity index (χ1v) is 14.3. The molecule has 1 N–H and O–H groups in total. The number of rotatable bonds is 5. The van der Waals surface area contributed by atoms with E-state index in [1.54, 1.807) is 6.33 Å². The molecule has 0 bridgehead atoms. The van der Waals surface area contributed by atoms with Crippen molar-refractivity contribution >= 4 is 17.0 Å². The Hall–Kier alpha value is -4.20. The molecule has 1 aliphatic carbocycles. The molecule has 0 amide bonds. The molecule has 0 radical (unpaired) electrons. The van der Waals surface area contributed by atoms with Crippen LogP contribution in [0.15, 0.2) is 55.7 Å². The highest BCUT2D eigenvalue weighted by atomic mass is 15.4. The van der Waals surface area contributed by atoms with Gasteiger partial charge in [0.05, 0.1) is 22.8 Å². The second-order valence-corrected chi connectivity index (χ2v) is 10.9. The van der Waals surface area contributed by atoms with Crippen molar-refractivity contribution in [2.45, 2.75) is 46.5 Å². The molecule has 0 saturated carbocycles. The van der Waals surface area contributed by atoms with E-state index >= 15 is 0 Å². The Morgan fingerprint density at radius 1 is 1.02 bits per heavy atom. The van der Waals surface area contributed by atoms with Crippen molar-refractivity contribution in [3.63, 3.8) is 0 Å².